The van der Waals surface area contributed by atoms with Crippen LogP contribution in [0.5, 0.6) is 0 Å². The molecule has 0 unspecified atom stereocenters. The molecule has 0 radical (unpaired) electrons. The van der Waals surface area contributed by atoms with E-state index in [1.807, 2.05) is 25.1 Å². The molecule has 2 heterocycles. The number of hydrogen-bond donors (Lipinski definition) is 0. The Balaban J connectivity index is 2.06. The Morgan fingerprint density at radius 2 is 1.92 bits per heavy atom. The molecule has 1 aromatic carbocycles. The van der Waals surface area contributed by atoms with Crippen LogP contribution in [-0.2, 0) is 13.0 Å². The lowest BCUT2D eigenvalue weighted by molar-refractivity contribution is 0.550. The van der Waals surface area contributed by atoms with Crippen molar-refractivity contribution in [2.24, 2.45) is 0 Å². The quantitative estimate of drug-likeness (QED) is 0.868. The van der Waals surface area contributed by atoms with Crippen molar-refractivity contribution in [3.8, 4) is 6.07 Å². The van der Waals surface area contributed by atoms with E-state index in [4.69, 9.17) is 0 Å². The zero-order chi connectivity index (χ0) is 16.9. The van der Waals surface area contributed by atoms with Gasteiger partial charge < -0.3 is 4.90 Å². The third kappa shape index (κ3) is 3.18. The van der Waals surface area contributed by atoms with Crippen molar-refractivity contribution in [3.05, 3.63) is 57.5 Å². The number of aryl methyl sites for hydroxylation is 1. The molecular weight excluding hydrogens is 300 g/mol. The number of aromatic nitrogens is 2. The van der Waals surface area contributed by atoms with Crippen LogP contribution in [-0.4, -0.2) is 22.6 Å². The zero-order valence-corrected chi connectivity index (χ0v) is 14.0. The Morgan fingerprint density at radius 1 is 1.17 bits per heavy atom. The second-order valence-corrected chi connectivity index (χ2v) is 6.14. The highest BCUT2D eigenvalue weighted by molar-refractivity contribution is 5.40. The van der Waals surface area contributed by atoms with Crippen molar-refractivity contribution in [2.75, 3.05) is 18.0 Å². The zero-order valence-electron chi connectivity index (χ0n) is 14.0. The van der Waals surface area contributed by atoms with Gasteiger partial charge in [0.2, 0.25) is 5.95 Å². The van der Waals surface area contributed by atoms with Crippen molar-refractivity contribution in [1.82, 2.24) is 9.55 Å². The summed E-state index contributed by atoms with van der Waals surface area (Å²) in [6, 6.07) is 9.66. The molecular formula is C19H22N4O. The molecule has 0 N–H and O–H groups in total. The predicted molar refractivity (Wildman–Crippen MR) is 94.2 cm³/mol. The van der Waals surface area contributed by atoms with E-state index in [2.05, 4.69) is 16.0 Å². The van der Waals surface area contributed by atoms with E-state index in [-0.39, 0.29) is 5.56 Å². The van der Waals surface area contributed by atoms with Gasteiger partial charge in [-0.05, 0) is 37.3 Å². The smallest absolute Gasteiger partial charge is 0.258 e. The summed E-state index contributed by atoms with van der Waals surface area (Å²) in [5.41, 5.74) is 2.18. The number of piperidine rings is 1. The molecule has 0 amide bonds. The summed E-state index contributed by atoms with van der Waals surface area (Å²) in [5, 5.41) is 9.32. The van der Waals surface area contributed by atoms with Crippen LogP contribution < -0.4 is 10.5 Å². The van der Waals surface area contributed by atoms with E-state index >= 15 is 0 Å². The molecule has 3 rings (SSSR count). The first-order valence-corrected chi connectivity index (χ1v) is 8.56. The molecule has 0 spiro atoms. The van der Waals surface area contributed by atoms with Crippen LogP contribution in [0.3, 0.4) is 0 Å². The molecule has 1 aromatic heterocycles. The van der Waals surface area contributed by atoms with E-state index in [9.17, 15) is 10.1 Å². The first kappa shape index (κ1) is 16.3. The lowest BCUT2D eigenvalue weighted by Crippen LogP contribution is -2.37. The van der Waals surface area contributed by atoms with Crippen LogP contribution in [0.15, 0.2) is 35.3 Å². The summed E-state index contributed by atoms with van der Waals surface area (Å²) in [5.74, 6) is 0.727. The Morgan fingerprint density at radius 3 is 2.62 bits per heavy atom. The van der Waals surface area contributed by atoms with Crippen LogP contribution >= 0.6 is 0 Å². The van der Waals surface area contributed by atoms with Gasteiger partial charge in [0.05, 0.1) is 18.2 Å². The maximum atomic E-state index is 12.9. The molecule has 0 saturated carbocycles. The molecule has 0 atom stereocenters. The molecule has 24 heavy (non-hydrogen) atoms. The Hall–Kier alpha value is -2.61. The van der Waals surface area contributed by atoms with Crippen LogP contribution in [0.1, 0.15) is 42.9 Å². The van der Waals surface area contributed by atoms with Crippen LogP contribution in [0.4, 0.5) is 5.95 Å². The van der Waals surface area contributed by atoms with Gasteiger partial charge in [-0.3, -0.25) is 9.36 Å². The molecule has 1 fully saturated rings. The van der Waals surface area contributed by atoms with Gasteiger partial charge in [-0.25, -0.2) is 4.98 Å². The van der Waals surface area contributed by atoms with Crippen LogP contribution in [0, 0.1) is 11.3 Å². The monoisotopic (exact) mass is 322 g/mol. The van der Waals surface area contributed by atoms with Gasteiger partial charge in [-0.15, -0.1) is 0 Å². The van der Waals surface area contributed by atoms with Gasteiger partial charge in [0.15, 0.2) is 0 Å². The summed E-state index contributed by atoms with van der Waals surface area (Å²) in [7, 11) is 0. The van der Waals surface area contributed by atoms with Crippen LogP contribution in [0.25, 0.3) is 0 Å². The minimum Gasteiger partial charge on any atom is -0.342 e. The number of anilines is 1. The van der Waals surface area contributed by atoms with Crippen molar-refractivity contribution >= 4 is 5.95 Å². The van der Waals surface area contributed by atoms with Gasteiger partial charge in [0.1, 0.15) is 0 Å². The summed E-state index contributed by atoms with van der Waals surface area (Å²) < 4.78 is 1.74. The second kappa shape index (κ2) is 7.31. The van der Waals surface area contributed by atoms with Gasteiger partial charge in [0, 0.05) is 24.8 Å². The maximum absolute atomic E-state index is 12.9. The predicted octanol–water partition coefficient (Wildman–Crippen LogP) is 2.72. The van der Waals surface area contributed by atoms with Gasteiger partial charge in [0.25, 0.3) is 5.56 Å². The highest BCUT2D eigenvalue weighted by Crippen LogP contribution is 2.19. The number of rotatable bonds is 4. The third-order valence-electron chi connectivity index (χ3n) is 4.58. The first-order valence-electron chi connectivity index (χ1n) is 8.56. The third-order valence-corrected chi connectivity index (χ3v) is 4.58. The minimum atomic E-state index is 0.000756. The van der Waals surface area contributed by atoms with Gasteiger partial charge in [-0.1, -0.05) is 25.1 Å². The Bertz CT molecular complexity index is 813. The maximum Gasteiger partial charge on any atom is 0.258 e. The van der Waals surface area contributed by atoms with E-state index in [0.29, 0.717) is 24.1 Å². The first-order chi connectivity index (χ1) is 11.7. The van der Waals surface area contributed by atoms with Crippen molar-refractivity contribution in [2.45, 2.75) is 39.2 Å². The molecule has 1 aliphatic heterocycles. The number of nitrogens with zero attached hydrogens (tertiary/aromatic N) is 4. The molecule has 0 bridgehead atoms. The van der Waals surface area contributed by atoms with Crippen molar-refractivity contribution in [1.29, 1.82) is 5.26 Å². The summed E-state index contributed by atoms with van der Waals surface area (Å²) in [6.45, 7) is 4.21. The Kier molecular flexibility index (Phi) is 4.95. The fourth-order valence-electron chi connectivity index (χ4n) is 3.19. The molecule has 0 aliphatic carbocycles. The molecule has 5 nitrogen and oxygen atoms in total. The fraction of sp³-hybridized carbons (Fsp3) is 0.421. The number of hydrogen-bond acceptors (Lipinski definition) is 4. The molecule has 124 valence electrons. The van der Waals surface area contributed by atoms with Crippen LogP contribution in [0.2, 0.25) is 0 Å². The molecule has 5 heteroatoms. The topological polar surface area (TPSA) is 61.9 Å². The lowest BCUT2D eigenvalue weighted by atomic mass is 10.1. The fourth-order valence-corrected chi connectivity index (χ4v) is 3.19. The summed E-state index contributed by atoms with van der Waals surface area (Å²) in [4.78, 5) is 19.7. The highest BCUT2D eigenvalue weighted by Gasteiger charge is 2.19. The summed E-state index contributed by atoms with van der Waals surface area (Å²) >= 11 is 0. The summed E-state index contributed by atoms with van der Waals surface area (Å²) in [6.07, 6.45) is 5.84. The van der Waals surface area contributed by atoms with E-state index in [1.54, 1.807) is 16.8 Å². The SMILES string of the molecule is CCc1cnc(N2CCCCC2)n(Cc2ccccc2C#N)c1=O. The normalized spacial score (nSPS) is 14.4. The van der Waals surface area contributed by atoms with E-state index < -0.39 is 0 Å². The van der Waals surface area contributed by atoms with Gasteiger partial charge >= 0.3 is 0 Å². The van der Waals surface area contributed by atoms with E-state index in [0.717, 1.165) is 37.4 Å². The standard InChI is InChI=1S/C19H22N4O/c1-2-15-13-21-19(22-10-6-3-7-11-22)23(18(15)24)14-17-9-5-4-8-16(17)12-20/h4-5,8-9,13H,2-3,6-7,10-11,14H2,1H3. The lowest BCUT2D eigenvalue weighted by Gasteiger charge is -2.30. The second-order valence-electron chi connectivity index (χ2n) is 6.14. The van der Waals surface area contributed by atoms with E-state index in [1.165, 1.54) is 6.42 Å². The molecule has 2 aromatic rings. The van der Waals surface area contributed by atoms with Gasteiger partial charge in [-0.2, -0.15) is 5.26 Å². The number of nitriles is 1. The highest BCUT2D eigenvalue weighted by atomic mass is 16.1. The number of benzene rings is 1. The average molecular weight is 322 g/mol. The van der Waals surface area contributed by atoms with Crippen molar-refractivity contribution in [3.63, 3.8) is 0 Å². The largest absolute Gasteiger partial charge is 0.342 e. The molecule has 1 saturated heterocycles. The minimum absolute atomic E-state index is 0.000756. The Labute approximate surface area is 142 Å². The molecule has 1 aliphatic rings. The average Bonchev–Trinajstić information content (AvgIpc) is 2.64. The van der Waals surface area contributed by atoms with Crippen molar-refractivity contribution < 1.29 is 0 Å².